The number of hydrogen-bond acceptors (Lipinski definition) is 2. The van der Waals surface area contributed by atoms with Crippen LogP contribution in [0.1, 0.15) is 72.1 Å². The zero-order valence-electron chi connectivity index (χ0n) is 11.3. The van der Waals surface area contributed by atoms with Crippen molar-refractivity contribution in [3.8, 4) is 0 Å². The first-order chi connectivity index (χ1) is 7.59. The van der Waals surface area contributed by atoms with Crippen LogP contribution in [0.5, 0.6) is 0 Å². The van der Waals surface area contributed by atoms with Gasteiger partial charge in [-0.2, -0.15) is 0 Å². The molecule has 0 aromatic heterocycles. The van der Waals surface area contributed by atoms with E-state index in [9.17, 15) is 10.2 Å². The molecule has 0 rings (SSSR count). The highest BCUT2D eigenvalue weighted by Crippen LogP contribution is 2.14. The molecule has 0 fully saturated rings. The molecule has 0 aliphatic rings. The summed E-state index contributed by atoms with van der Waals surface area (Å²) >= 11 is 0. The van der Waals surface area contributed by atoms with E-state index in [1.165, 1.54) is 38.5 Å². The lowest BCUT2D eigenvalue weighted by molar-refractivity contribution is -0.0132. The molecule has 0 aromatic rings. The number of aliphatic hydroxyl groups excluding tert-OH is 2. The third kappa shape index (κ3) is 8.12. The van der Waals surface area contributed by atoms with Crippen LogP contribution in [0, 0.1) is 5.92 Å². The van der Waals surface area contributed by atoms with Gasteiger partial charge in [0.2, 0.25) is 0 Å². The van der Waals surface area contributed by atoms with Crippen LogP contribution in [0.4, 0.5) is 0 Å². The second-order valence-electron chi connectivity index (χ2n) is 5.21. The van der Waals surface area contributed by atoms with Crippen molar-refractivity contribution in [1.29, 1.82) is 0 Å². The van der Waals surface area contributed by atoms with Gasteiger partial charge in [-0.15, -0.1) is 0 Å². The molecule has 16 heavy (non-hydrogen) atoms. The van der Waals surface area contributed by atoms with Gasteiger partial charge in [-0.1, -0.05) is 65.7 Å². The first kappa shape index (κ1) is 15.9. The summed E-state index contributed by atoms with van der Waals surface area (Å²) in [6.07, 6.45) is 8.44. The van der Waals surface area contributed by atoms with E-state index in [2.05, 4.69) is 6.92 Å². The van der Waals surface area contributed by atoms with Gasteiger partial charge in [-0.3, -0.25) is 0 Å². The summed E-state index contributed by atoms with van der Waals surface area (Å²) in [6.45, 7) is 6.11. The van der Waals surface area contributed by atoms with Crippen molar-refractivity contribution in [1.82, 2.24) is 0 Å². The minimum Gasteiger partial charge on any atom is -0.390 e. The first-order valence-electron chi connectivity index (χ1n) is 6.95. The Morgan fingerprint density at radius 3 is 1.81 bits per heavy atom. The molecule has 0 aliphatic heterocycles. The maximum Gasteiger partial charge on any atom is 0.0821 e. The van der Waals surface area contributed by atoms with E-state index in [-0.39, 0.29) is 5.92 Å². The summed E-state index contributed by atoms with van der Waals surface area (Å²) in [6, 6.07) is 0. The topological polar surface area (TPSA) is 40.5 Å². The van der Waals surface area contributed by atoms with Crippen molar-refractivity contribution in [3.05, 3.63) is 0 Å². The predicted molar refractivity (Wildman–Crippen MR) is 69.5 cm³/mol. The first-order valence-corrected chi connectivity index (χ1v) is 6.95. The molecule has 2 unspecified atom stereocenters. The SMILES string of the molecule is CCCCCCCCCC(O)C(O)C(C)C. The van der Waals surface area contributed by atoms with E-state index in [4.69, 9.17) is 0 Å². The average molecular weight is 230 g/mol. The summed E-state index contributed by atoms with van der Waals surface area (Å²) in [5.41, 5.74) is 0. The van der Waals surface area contributed by atoms with Gasteiger partial charge in [-0.25, -0.2) is 0 Å². The molecule has 0 heterocycles. The smallest absolute Gasteiger partial charge is 0.0821 e. The van der Waals surface area contributed by atoms with Gasteiger partial charge in [0.25, 0.3) is 0 Å². The zero-order valence-corrected chi connectivity index (χ0v) is 11.3. The number of hydrogen-bond donors (Lipinski definition) is 2. The van der Waals surface area contributed by atoms with Gasteiger partial charge < -0.3 is 10.2 Å². The Balaban J connectivity index is 3.31. The van der Waals surface area contributed by atoms with Gasteiger partial charge in [0.05, 0.1) is 12.2 Å². The number of aliphatic hydroxyl groups is 2. The van der Waals surface area contributed by atoms with E-state index in [1.54, 1.807) is 0 Å². The molecule has 98 valence electrons. The fourth-order valence-electron chi connectivity index (χ4n) is 1.93. The predicted octanol–water partition coefficient (Wildman–Crippen LogP) is 3.50. The molecule has 0 amide bonds. The van der Waals surface area contributed by atoms with Crippen LogP contribution in [0.15, 0.2) is 0 Å². The van der Waals surface area contributed by atoms with Gasteiger partial charge in [-0.05, 0) is 12.3 Å². The number of unbranched alkanes of at least 4 members (excludes halogenated alkanes) is 6. The lowest BCUT2D eigenvalue weighted by Crippen LogP contribution is -2.30. The Morgan fingerprint density at radius 1 is 0.812 bits per heavy atom. The minimum atomic E-state index is -0.555. The molecule has 0 aromatic carbocycles. The minimum absolute atomic E-state index is 0.152. The molecular weight excluding hydrogens is 200 g/mol. The monoisotopic (exact) mass is 230 g/mol. The summed E-state index contributed by atoms with van der Waals surface area (Å²) < 4.78 is 0. The van der Waals surface area contributed by atoms with Crippen molar-refractivity contribution in [2.75, 3.05) is 0 Å². The molecule has 2 atom stereocenters. The van der Waals surface area contributed by atoms with Gasteiger partial charge in [0.1, 0.15) is 0 Å². The zero-order chi connectivity index (χ0) is 12.4. The lowest BCUT2D eigenvalue weighted by Gasteiger charge is -2.20. The average Bonchev–Trinajstić information content (AvgIpc) is 2.26. The van der Waals surface area contributed by atoms with Crippen LogP contribution in [0.2, 0.25) is 0 Å². The molecule has 2 heteroatoms. The Morgan fingerprint density at radius 2 is 1.31 bits per heavy atom. The Kier molecular flexibility index (Phi) is 10.0. The fraction of sp³-hybridized carbons (Fsp3) is 1.00. The standard InChI is InChI=1S/C14H30O2/c1-4-5-6-7-8-9-10-11-13(15)14(16)12(2)3/h12-16H,4-11H2,1-3H3. The normalized spacial score (nSPS) is 15.4. The van der Waals surface area contributed by atoms with Crippen molar-refractivity contribution in [3.63, 3.8) is 0 Å². The summed E-state index contributed by atoms with van der Waals surface area (Å²) in [5.74, 6) is 0.152. The van der Waals surface area contributed by atoms with Crippen molar-refractivity contribution >= 4 is 0 Å². The van der Waals surface area contributed by atoms with Crippen LogP contribution in [-0.2, 0) is 0 Å². The van der Waals surface area contributed by atoms with Gasteiger partial charge >= 0.3 is 0 Å². The molecule has 2 N–H and O–H groups in total. The summed E-state index contributed by atoms with van der Waals surface area (Å²) in [5, 5.41) is 19.3. The largest absolute Gasteiger partial charge is 0.390 e. The van der Waals surface area contributed by atoms with Crippen LogP contribution in [0.25, 0.3) is 0 Å². The third-order valence-corrected chi connectivity index (χ3v) is 3.18. The molecule has 0 spiro atoms. The van der Waals surface area contributed by atoms with Crippen LogP contribution in [-0.4, -0.2) is 22.4 Å². The van der Waals surface area contributed by atoms with Crippen LogP contribution >= 0.6 is 0 Å². The Labute approximate surface area is 101 Å². The maximum atomic E-state index is 9.68. The molecule has 0 radical (unpaired) electrons. The molecule has 0 saturated heterocycles. The highest BCUT2D eigenvalue weighted by molar-refractivity contribution is 4.70. The summed E-state index contributed by atoms with van der Waals surface area (Å²) in [7, 11) is 0. The van der Waals surface area contributed by atoms with Gasteiger partial charge in [0, 0.05) is 0 Å². The Bertz CT molecular complexity index is 146. The van der Waals surface area contributed by atoms with E-state index < -0.39 is 12.2 Å². The Hall–Kier alpha value is -0.0800. The van der Waals surface area contributed by atoms with Crippen molar-refractivity contribution in [2.45, 2.75) is 84.3 Å². The summed E-state index contributed by atoms with van der Waals surface area (Å²) in [4.78, 5) is 0. The van der Waals surface area contributed by atoms with Gasteiger partial charge in [0.15, 0.2) is 0 Å². The van der Waals surface area contributed by atoms with Crippen LogP contribution < -0.4 is 0 Å². The van der Waals surface area contributed by atoms with Crippen molar-refractivity contribution in [2.24, 2.45) is 5.92 Å². The van der Waals surface area contributed by atoms with E-state index in [1.807, 2.05) is 13.8 Å². The fourth-order valence-corrected chi connectivity index (χ4v) is 1.93. The highest BCUT2D eigenvalue weighted by atomic mass is 16.3. The number of rotatable bonds is 10. The second kappa shape index (κ2) is 10.1. The van der Waals surface area contributed by atoms with Crippen molar-refractivity contribution < 1.29 is 10.2 Å². The van der Waals surface area contributed by atoms with E-state index >= 15 is 0 Å². The second-order valence-corrected chi connectivity index (χ2v) is 5.21. The third-order valence-electron chi connectivity index (χ3n) is 3.18. The van der Waals surface area contributed by atoms with Crippen LogP contribution in [0.3, 0.4) is 0 Å². The van der Waals surface area contributed by atoms with E-state index in [0.29, 0.717) is 0 Å². The highest BCUT2D eigenvalue weighted by Gasteiger charge is 2.18. The maximum absolute atomic E-state index is 9.68. The lowest BCUT2D eigenvalue weighted by atomic mass is 9.97. The molecule has 0 bridgehead atoms. The quantitative estimate of drug-likeness (QED) is 0.564. The molecule has 0 saturated carbocycles. The van der Waals surface area contributed by atoms with E-state index in [0.717, 1.165) is 12.8 Å². The molecule has 0 aliphatic carbocycles. The molecular formula is C14H30O2. The molecule has 2 nitrogen and oxygen atoms in total.